The zero-order valence-electron chi connectivity index (χ0n) is 22.0. The highest BCUT2D eigenvalue weighted by atomic mass is 16.5. The highest BCUT2D eigenvalue weighted by molar-refractivity contribution is 6.05. The maximum absolute atomic E-state index is 13.1. The number of hydrogen-bond donors (Lipinski definition) is 1. The molecule has 8 heteroatoms. The van der Waals surface area contributed by atoms with Gasteiger partial charge in [-0.15, -0.1) is 0 Å². The molecule has 0 bridgehead atoms. The standard InChI is InChI=1S/C31H34N4O4/c36-29-9-8-27(30(37)33-29)35-19-26-25(31(35)38)2-1-3-28(26)39-20-22-6-4-21(5-7-22)18-34-16-12-24(13-17-34)23-10-14-32-15-11-23/h1-7,10-11,14-15,24,26-28H,8-9,12-13,16-20H2,(H,33,36,37). The molecule has 0 radical (unpaired) electrons. The molecule has 1 aliphatic carbocycles. The van der Waals surface area contributed by atoms with Crippen molar-refractivity contribution in [1.82, 2.24) is 20.1 Å². The van der Waals surface area contributed by atoms with E-state index < -0.39 is 6.04 Å². The minimum Gasteiger partial charge on any atom is -0.369 e. The van der Waals surface area contributed by atoms with E-state index in [1.807, 2.05) is 30.6 Å². The summed E-state index contributed by atoms with van der Waals surface area (Å²) in [5.74, 6) is -0.301. The van der Waals surface area contributed by atoms with Crippen molar-refractivity contribution < 1.29 is 19.1 Å². The van der Waals surface area contributed by atoms with Crippen LogP contribution in [0.15, 0.2) is 72.6 Å². The van der Waals surface area contributed by atoms with E-state index in [4.69, 9.17) is 4.74 Å². The molecule has 1 N–H and O–H groups in total. The number of piperidine rings is 2. The lowest BCUT2D eigenvalue weighted by molar-refractivity contribution is -0.142. The Balaban J connectivity index is 1.00. The molecule has 39 heavy (non-hydrogen) atoms. The fraction of sp³-hybridized carbons (Fsp3) is 0.419. The van der Waals surface area contributed by atoms with E-state index in [9.17, 15) is 14.4 Å². The third-order valence-corrected chi connectivity index (χ3v) is 8.50. The zero-order valence-corrected chi connectivity index (χ0v) is 22.0. The molecule has 3 aliphatic heterocycles. The van der Waals surface area contributed by atoms with Gasteiger partial charge in [0.05, 0.1) is 12.7 Å². The number of carbonyl (C=O) groups excluding carboxylic acids is 3. The van der Waals surface area contributed by atoms with Crippen LogP contribution in [-0.2, 0) is 32.3 Å². The summed E-state index contributed by atoms with van der Waals surface area (Å²) in [7, 11) is 0. The topological polar surface area (TPSA) is 91.8 Å². The second kappa shape index (κ2) is 11.2. The summed E-state index contributed by atoms with van der Waals surface area (Å²) in [6, 6.07) is 12.3. The maximum atomic E-state index is 13.1. The number of nitrogens with one attached hydrogen (secondary N) is 1. The molecule has 6 rings (SSSR count). The molecule has 202 valence electrons. The molecule has 4 heterocycles. The van der Waals surface area contributed by atoms with Crippen LogP contribution in [0, 0.1) is 5.92 Å². The Morgan fingerprint density at radius 2 is 1.69 bits per heavy atom. The lowest BCUT2D eigenvalue weighted by Crippen LogP contribution is -2.53. The Bertz CT molecular complexity index is 1280. The van der Waals surface area contributed by atoms with Crippen LogP contribution in [0.3, 0.4) is 0 Å². The SMILES string of the molecule is O=C1CCC(N2CC3C(=CC=CC3OCc3ccc(CN4CCC(c5ccncc5)CC4)cc3)C2=O)C(=O)N1. The molecule has 8 nitrogen and oxygen atoms in total. The van der Waals surface area contributed by atoms with E-state index >= 15 is 0 Å². The van der Waals surface area contributed by atoms with E-state index in [1.165, 1.54) is 24.0 Å². The normalized spacial score (nSPS) is 25.9. The van der Waals surface area contributed by atoms with Crippen LogP contribution in [0.4, 0.5) is 0 Å². The number of allylic oxidation sites excluding steroid dienone is 2. The molecule has 3 atom stereocenters. The molecule has 3 amide bonds. The van der Waals surface area contributed by atoms with Crippen LogP contribution >= 0.6 is 0 Å². The Hall–Kier alpha value is -3.62. The van der Waals surface area contributed by atoms with Gasteiger partial charge >= 0.3 is 0 Å². The fourth-order valence-corrected chi connectivity index (χ4v) is 6.27. The first-order valence-corrected chi connectivity index (χ1v) is 13.9. The summed E-state index contributed by atoms with van der Waals surface area (Å²) < 4.78 is 6.28. The van der Waals surface area contributed by atoms with E-state index in [0.29, 0.717) is 31.1 Å². The lowest BCUT2D eigenvalue weighted by Gasteiger charge is -2.32. The predicted molar refractivity (Wildman–Crippen MR) is 145 cm³/mol. The van der Waals surface area contributed by atoms with E-state index in [1.54, 1.807) is 4.90 Å². The lowest BCUT2D eigenvalue weighted by atomic mass is 9.90. The molecule has 1 aromatic heterocycles. The van der Waals surface area contributed by atoms with Crippen LogP contribution in [-0.4, -0.2) is 64.3 Å². The Labute approximate surface area is 228 Å². The van der Waals surface area contributed by atoms with Crippen molar-refractivity contribution in [3.8, 4) is 0 Å². The van der Waals surface area contributed by atoms with Crippen molar-refractivity contribution in [1.29, 1.82) is 0 Å². The number of carbonyl (C=O) groups is 3. The average Bonchev–Trinajstić information content (AvgIpc) is 3.30. The Morgan fingerprint density at radius 3 is 2.44 bits per heavy atom. The third-order valence-electron chi connectivity index (χ3n) is 8.50. The van der Waals surface area contributed by atoms with Crippen LogP contribution < -0.4 is 5.32 Å². The van der Waals surface area contributed by atoms with E-state index in [-0.39, 0.29) is 36.2 Å². The number of imide groups is 1. The largest absolute Gasteiger partial charge is 0.369 e. The van der Waals surface area contributed by atoms with Crippen molar-refractivity contribution >= 4 is 17.7 Å². The summed E-state index contributed by atoms with van der Waals surface area (Å²) in [6.07, 6.45) is 12.2. The van der Waals surface area contributed by atoms with Crippen molar-refractivity contribution in [2.24, 2.45) is 5.92 Å². The average molecular weight is 527 g/mol. The van der Waals surface area contributed by atoms with Gasteiger partial charge in [-0.25, -0.2) is 0 Å². The molecule has 3 fully saturated rings. The van der Waals surface area contributed by atoms with Gasteiger partial charge in [0.25, 0.3) is 5.91 Å². The number of rotatable bonds is 7. The second-order valence-corrected chi connectivity index (χ2v) is 11.0. The van der Waals surface area contributed by atoms with Gasteiger partial charge in [0.15, 0.2) is 0 Å². The number of nitrogens with zero attached hydrogens (tertiary/aromatic N) is 3. The Kier molecular flexibility index (Phi) is 7.39. The molecule has 4 aliphatic rings. The van der Waals surface area contributed by atoms with Crippen molar-refractivity contribution in [3.63, 3.8) is 0 Å². The third kappa shape index (κ3) is 5.58. The van der Waals surface area contributed by atoms with Crippen LogP contribution in [0.1, 0.15) is 48.3 Å². The van der Waals surface area contributed by atoms with Crippen LogP contribution in [0.25, 0.3) is 0 Å². The zero-order chi connectivity index (χ0) is 26.8. The molecule has 1 aromatic carbocycles. The van der Waals surface area contributed by atoms with Gasteiger partial charge in [0.1, 0.15) is 6.04 Å². The number of likely N-dealkylation sites (tertiary alicyclic amines) is 2. The highest BCUT2D eigenvalue weighted by Gasteiger charge is 2.45. The van der Waals surface area contributed by atoms with Crippen molar-refractivity contribution in [2.75, 3.05) is 19.6 Å². The fourth-order valence-electron chi connectivity index (χ4n) is 6.27. The quantitative estimate of drug-likeness (QED) is 0.558. The van der Waals surface area contributed by atoms with Crippen molar-refractivity contribution in [3.05, 3.63) is 89.3 Å². The summed E-state index contributed by atoms with van der Waals surface area (Å²) in [4.78, 5) is 45.2. The summed E-state index contributed by atoms with van der Waals surface area (Å²) in [5, 5.41) is 2.36. The first kappa shape index (κ1) is 25.6. The molecular formula is C31H34N4O4. The molecule has 3 saturated heterocycles. The van der Waals surface area contributed by atoms with Crippen LogP contribution in [0.2, 0.25) is 0 Å². The monoisotopic (exact) mass is 526 g/mol. The van der Waals surface area contributed by atoms with E-state index in [0.717, 1.165) is 25.2 Å². The minimum atomic E-state index is -0.601. The molecule has 0 spiro atoms. The summed E-state index contributed by atoms with van der Waals surface area (Å²) >= 11 is 0. The first-order valence-electron chi connectivity index (χ1n) is 13.9. The molecule has 3 unspecified atom stereocenters. The number of aromatic nitrogens is 1. The summed E-state index contributed by atoms with van der Waals surface area (Å²) in [5.41, 5.74) is 4.46. The number of ether oxygens (including phenoxy) is 1. The number of hydrogen-bond acceptors (Lipinski definition) is 6. The van der Waals surface area contributed by atoms with Gasteiger partial charge in [-0.1, -0.05) is 42.5 Å². The van der Waals surface area contributed by atoms with Gasteiger partial charge in [0, 0.05) is 43.4 Å². The van der Waals surface area contributed by atoms with Gasteiger partial charge in [-0.05, 0) is 67.1 Å². The molecular weight excluding hydrogens is 492 g/mol. The van der Waals surface area contributed by atoms with Gasteiger partial charge in [-0.3, -0.25) is 29.6 Å². The molecule has 0 saturated carbocycles. The highest BCUT2D eigenvalue weighted by Crippen LogP contribution is 2.35. The smallest absolute Gasteiger partial charge is 0.250 e. The number of pyridine rings is 1. The van der Waals surface area contributed by atoms with Gasteiger partial charge in [0.2, 0.25) is 11.8 Å². The van der Waals surface area contributed by atoms with Crippen LogP contribution in [0.5, 0.6) is 0 Å². The number of amides is 3. The van der Waals surface area contributed by atoms with Crippen molar-refractivity contribution in [2.45, 2.75) is 56.9 Å². The van der Waals surface area contributed by atoms with Gasteiger partial charge in [-0.2, -0.15) is 0 Å². The van der Waals surface area contributed by atoms with E-state index in [2.05, 4.69) is 51.6 Å². The predicted octanol–water partition coefficient (Wildman–Crippen LogP) is 3.11. The first-order chi connectivity index (χ1) is 19.0. The minimum absolute atomic E-state index is 0.123. The maximum Gasteiger partial charge on any atom is 0.250 e. The second-order valence-electron chi connectivity index (χ2n) is 11.0. The van der Waals surface area contributed by atoms with Gasteiger partial charge < -0.3 is 9.64 Å². The number of fused-ring (bicyclic) bond motifs is 1. The number of benzene rings is 1. The molecule has 2 aromatic rings. The Morgan fingerprint density at radius 1 is 0.949 bits per heavy atom. The summed E-state index contributed by atoms with van der Waals surface area (Å²) in [6.45, 7) is 4.01.